The van der Waals surface area contributed by atoms with Crippen molar-refractivity contribution in [2.45, 2.75) is 55.9 Å². The third kappa shape index (κ3) is 7.59. The lowest BCUT2D eigenvalue weighted by atomic mass is 10.0. The number of carbonyl (C=O) groups is 2. The largest absolute Gasteiger partial charge is 0.481 e. The molecule has 2 aromatic carbocycles. The molecular formula is C25H29N5O6S. The Kier molecular flexibility index (Phi) is 9.23. The number of hydrogen-bond donors (Lipinski definition) is 3. The number of aryl methyl sites for hydroxylation is 1. The molecule has 3 atom stereocenters. The van der Waals surface area contributed by atoms with Crippen molar-refractivity contribution in [2.24, 2.45) is 7.05 Å². The number of aromatic nitrogens is 4. The third-order valence-electron chi connectivity index (χ3n) is 5.86. The summed E-state index contributed by atoms with van der Waals surface area (Å²) in [6, 6.07) is 14.9. The molecule has 0 bridgehead atoms. The lowest BCUT2D eigenvalue weighted by Gasteiger charge is -2.36. The normalized spacial score (nSPS) is 19.5. The number of hydrogen-bond acceptors (Lipinski definition) is 9. The van der Waals surface area contributed by atoms with Gasteiger partial charge in [-0.15, -0.1) is 5.10 Å². The Balaban J connectivity index is 1.44. The molecule has 1 fully saturated rings. The van der Waals surface area contributed by atoms with E-state index in [2.05, 4.69) is 20.8 Å². The molecule has 0 aliphatic carbocycles. The number of nitrogens with zero attached hydrogens (tertiary/aromatic N) is 4. The smallest absolute Gasteiger partial charge is 0.303 e. The van der Waals surface area contributed by atoms with Crippen LogP contribution in [0, 0.1) is 0 Å². The molecule has 37 heavy (non-hydrogen) atoms. The van der Waals surface area contributed by atoms with Gasteiger partial charge in [0.05, 0.1) is 18.8 Å². The summed E-state index contributed by atoms with van der Waals surface area (Å²) in [5, 5.41) is 33.1. The van der Waals surface area contributed by atoms with Crippen molar-refractivity contribution in [1.29, 1.82) is 0 Å². The first kappa shape index (κ1) is 26.7. The molecule has 1 amide bonds. The quantitative estimate of drug-likeness (QED) is 0.317. The van der Waals surface area contributed by atoms with Crippen LogP contribution in [0.2, 0.25) is 0 Å². The number of aliphatic carboxylic acids is 1. The van der Waals surface area contributed by atoms with Gasteiger partial charge in [0, 0.05) is 43.3 Å². The second-order valence-electron chi connectivity index (χ2n) is 8.66. The highest BCUT2D eigenvalue weighted by atomic mass is 32.2. The van der Waals surface area contributed by atoms with Gasteiger partial charge >= 0.3 is 5.97 Å². The van der Waals surface area contributed by atoms with Crippen LogP contribution in [0.3, 0.4) is 0 Å². The Bertz CT molecular complexity index is 1190. The molecule has 4 rings (SSSR count). The van der Waals surface area contributed by atoms with E-state index in [1.807, 2.05) is 36.4 Å². The van der Waals surface area contributed by atoms with E-state index in [9.17, 15) is 14.7 Å². The summed E-state index contributed by atoms with van der Waals surface area (Å²) < 4.78 is 14.2. The molecule has 3 aromatic rings. The minimum atomic E-state index is -0.919. The minimum Gasteiger partial charge on any atom is -0.481 e. The molecule has 1 aliphatic heterocycles. The first-order valence-corrected chi connectivity index (χ1v) is 12.9. The summed E-state index contributed by atoms with van der Waals surface area (Å²) in [5.41, 5.74) is 3.23. The number of tetrazole rings is 1. The van der Waals surface area contributed by atoms with Crippen LogP contribution in [-0.4, -0.2) is 54.2 Å². The summed E-state index contributed by atoms with van der Waals surface area (Å²) in [6.07, 6.45) is 0.0320. The number of carboxylic acids is 1. The van der Waals surface area contributed by atoms with Crippen LogP contribution in [0.25, 0.3) is 0 Å². The van der Waals surface area contributed by atoms with Crippen molar-refractivity contribution in [1.82, 2.24) is 20.2 Å². The van der Waals surface area contributed by atoms with Gasteiger partial charge in [0.2, 0.25) is 11.1 Å². The molecule has 0 saturated carbocycles. The predicted octanol–water partition coefficient (Wildman–Crippen LogP) is 3.23. The number of nitrogens with one attached hydrogen (secondary N) is 1. The second kappa shape index (κ2) is 12.8. The highest BCUT2D eigenvalue weighted by Crippen LogP contribution is 2.39. The summed E-state index contributed by atoms with van der Waals surface area (Å²) in [4.78, 5) is 22.7. The molecule has 0 radical (unpaired) electrons. The van der Waals surface area contributed by atoms with Gasteiger partial charge in [0.25, 0.3) is 0 Å². The average molecular weight is 528 g/mol. The van der Waals surface area contributed by atoms with Crippen LogP contribution in [-0.2, 0) is 32.7 Å². The maximum Gasteiger partial charge on any atom is 0.303 e. The van der Waals surface area contributed by atoms with E-state index in [0.717, 1.165) is 16.7 Å². The van der Waals surface area contributed by atoms with E-state index in [4.69, 9.17) is 14.6 Å². The highest BCUT2D eigenvalue weighted by molar-refractivity contribution is 7.99. The number of aliphatic hydroxyl groups is 1. The molecule has 1 saturated heterocycles. The molecule has 12 heteroatoms. The fourth-order valence-electron chi connectivity index (χ4n) is 3.88. The minimum absolute atomic E-state index is 0.0228. The number of carbonyl (C=O) groups excluding carboxylic acids is 1. The van der Waals surface area contributed by atoms with Gasteiger partial charge in [-0.05, 0) is 40.1 Å². The van der Waals surface area contributed by atoms with Crippen molar-refractivity contribution in [2.75, 3.05) is 11.1 Å². The van der Waals surface area contributed by atoms with Gasteiger partial charge in [-0.25, -0.2) is 4.68 Å². The number of anilines is 1. The molecule has 2 heterocycles. The number of aliphatic hydroxyl groups excluding tert-OH is 1. The number of benzene rings is 2. The fourth-order valence-corrected chi connectivity index (χ4v) is 4.75. The van der Waals surface area contributed by atoms with Gasteiger partial charge in [0.1, 0.15) is 0 Å². The highest BCUT2D eigenvalue weighted by Gasteiger charge is 2.32. The second-order valence-corrected chi connectivity index (χ2v) is 9.65. The number of ether oxygens (including phenoxy) is 2. The standard InChI is InChI=1S/C25H29N5O6S/c1-30-25(27-28-29-30)37-15-20-13-21(17-7-5-16(14-31)6-8-17)36-24(35-20)18-9-11-19(12-10-18)26-22(32)3-2-4-23(33)34/h5-12,20-21,24,31H,2-4,13-15H2,1H3,(H,26,32)(H,33,34)/t20-,21+,24+/m1/s1. The van der Waals surface area contributed by atoms with Crippen LogP contribution in [0.15, 0.2) is 53.7 Å². The molecule has 196 valence electrons. The lowest BCUT2D eigenvalue weighted by molar-refractivity contribution is -0.245. The maximum absolute atomic E-state index is 12.1. The zero-order chi connectivity index (χ0) is 26.2. The molecular weight excluding hydrogens is 498 g/mol. The molecule has 11 nitrogen and oxygen atoms in total. The van der Waals surface area contributed by atoms with Crippen molar-refractivity contribution >= 4 is 29.3 Å². The van der Waals surface area contributed by atoms with Crippen LogP contribution < -0.4 is 5.32 Å². The SMILES string of the molecule is Cn1nnnc1SC[C@H]1C[C@@H](c2ccc(CO)cc2)O[C@@H](c2ccc(NC(=O)CCCC(=O)O)cc2)O1. The summed E-state index contributed by atoms with van der Waals surface area (Å²) in [6.45, 7) is -0.0228. The van der Waals surface area contributed by atoms with E-state index in [-0.39, 0.29) is 44.0 Å². The molecule has 0 unspecified atom stereocenters. The van der Waals surface area contributed by atoms with Crippen LogP contribution in [0.1, 0.15) is 54.8 Å². The van der Waals surface area contributed by atoms with Gasteiger partial charge < -0.3 is 25.0 Å². The van der Waals surface area contributed by atoms with E-state index < -0.39 is 12.3 Å². The zero-order valence-corrected chi connectivity index (χ0v) is 21.1. The Morgan fingerprint density at radius 2 is 1.81 bits per heavy atom. The monoisotopic (exact) mass is 527 g/mol. The van der Waals surface area contributed by atoms with Gasteiger partial charge in [-0.3, -0.25) is 9.59 Å². The molecule has 1 aliphatic rings. The van der Waals surface area contributed by atoms with E-state index >= 15 is 0 Å². The summed E-state index contributed by atoms with van der Waals surface area (Å²) in [7, 11) is 1.79. The zero-order valence-electron chi connectivity index (χ0n) is 20.3. The van der Waals surface area contributed by atoms with Gasteiger partial charge in [-0.2, -0.15) is 0 Å². The molecule has 3 N–H and O–H groups in total. The Morgan fingerprint density at radius 1 is 1.08 bits per heavy atom. The van der Waals surface area contributed by atoms with Crippen molar-refractivity contribution in [3.05, 3.63) is 65.2 Å². The molecule has 0 spiro atoms. The number of carboxylic acid groups (broad SMARTS) is 1. The Labute approximate surface area is 218 Å². The van der Waals surface area contributed by atoms with Crippen LogP contribution in [0.5, 0.6) is 0 Å². The first-order valence-electron chi connectivity index (χ1n) is 11.9. The van der Waals surface area contributed by atoms with E-state index in [1.165, 1.54) is 11.8 Å². The first-order chi connectivity index (χ1) is 17.9. The average Bonchev–Trinajstić information content (AvgIpc) is 3.32. The number of rotatable bonds is 11. The summed E-state index contributed by atoms with van der Waals surface area (Å²) >= 11 is 1.51. The van der Waals surface area contributed by atoms with Crippen molar-refractivity contribution in [3.63, 3.8) is 0 Å². The van der Waals surface area contributed by atoms with Crippen molar-refractivity contribution in [3.8, 4) is 0 Å². The van der Waals surface area contributed by atoms with Gasteiger partial charge in [0.15, 0.2) is 6.29 Å². The van der Waals surface area contributed by atoms with Crippen molar-refractivity contribution < 1.29 is 29.3 Å². The molecule has 1 aromatic heterocycles. The summed E-state index contributed by atoms with van der Waals surface area (Å²) in [5.74, 6) is -0.526. The maximum atomic E-state index is 12.1. The number of thioether (sulfide) groups is 1. The lowest BCUT2D eigenvalue weighted by Crippen LogP contribution is -2.31. The number of amides is 1. The topological polar surface area (TPSA) is 149 Å². The Hall–Kier alpha value is -3.32. The fraction of sp³-hybridized carbons (Fsp3) is 0.400. The van der Waals surface area contributed by atoms with Gasteiger partial charge in [-0.1, -0.05) is 48.2 Å². The predicted molar refractivity (Wildman–Crippen MR) is 135 cm³/mol. The third-order valence-corrected chi connectivity index (χ3v) is 7.00. The van der Waals surface area contributed by atoms with E-state index in [0.29, 0.717) is 23.0 Å². The van der Waals surface area contributed by atoms with Crippen LogP contribution >= 0.6 is 11.8 Å². The Morgan fingerprint density at radius 3 is 2.46 bits per heavy atom. The van der Waals surface area contributed by atoms with E-state index in [1.54, 1.807) is 23.9 Å². The van der Waals surface area contributed by atoms with Crippen LogP contribution in [0.4, 0.5) is 5.69 Å².